The van der Waals surface area contributed by atoms with E-state index in [-0.39, 0.29) is 6.61 Å². The van der Waals surface area contributed by atoms with Gasteiger partial charge in [-0.1, -0.05) is 48.6 Å². The van der Waals surface area contributed by atoms with Gasteiger partial charge in [0.1, 0.15) is 5.75 Å². The summed E-state index contributed by atoms with van der Waals surface area (Å²) in [6, 6.07) is 8.72. The molecule has 3 aliphatic carbocycles. The van der Waals surface area contributed by atoms with E-state index in [2.05, 4.69) is 54.8 Å². The largest absolute Gasteiger partial charge is 0.482 e. The minimum absolute atomic E-state index is 0.300. The maximum absolute atomic E-state index is 10.7. The molecule has 0 bridgehead atoms. The van der Waals surface area contributed by atoms with Crippen LogP contribution in [0.25, 0.3) is 0 Å². The Bertz CT molecular complexity index is 880. The first kappa shape index (κ1) is 19.7. The van der Waals surface area contributed by atoms with Gasteiger partial charge in [0, 0.05) is 18.0 Å². The van der Waals surface area contributed by atoms with Gasteiger partial charge in [0.2, 0.25) is 0 Å². The monoisotopic (exact) mass is 391 g/mol. The molecule has 0 spiro atoms. The van der Waals surface area contributed by atoms with Crippen LogP contribution in [0, 0.1) is 5.92 Å². The second-order valence-corrected chi connectivity index (χ2v) is 8.25. The van der Waals surface area contributed by atoms with Gasteiger partial charge in [0.25, 0.3) is 0 Å². The molecule has 4 rings (SSSR count). The molecule has 0 radical (unpaired) electrons. The van der Waals surface area contributed by atoms with E-state index >= 15 is 0 Å². The van der Waals surface area contributed by atoms with Crippen LogP contribution >= 0.6 is 0 Å². The average molecular weight is 392 g/mol. The van der Waals surface area contributed by atoms with Crippen LogP contribution in [0.15, 0.2) is 71.9 Å². The fraction of sp³-hybridized carbons (Fsp3) is 0.400. The number of fused-ring (bicyclic) bond motifs is 1. The Morgan fingerprint density at radius 1 is 1.28 bits per heavy atom. The third-order valence-corrected chi connectivity index (χ3v) is 6.23. The molecule has 152 valence electrons. The van der Waals surface area contributed by atoms with Crippen molar-refractivity contribution < 1.29 is 14.6 Å². The lowest BCUT2D eigenvalue weighted by Crippen LogP contribution is -2.37. The Morgan fingerprint density at radius 2 is 2.17 bits per heavy atom. The zero-order chi connectivity index (χ0) is 20.2. The normalized spacial score (nSPS) is 26.4. The van der Waals surface area contributed by atoms with Gasteiger partial charge in [0.05, 0.1) is 0 Å². The molecule has 0 aromatic heterocycles. The lowest BCUT2D eigenvalue weighted by molar-refractivity contribution is -0.139. The molecule has 29 heavy (non-hydrogen) atoms. The third-order valence-electron chi connectivity index (χ3n) is 6.23. The van der Waals surface area contributed by atoms with E-state index in [0.717, 1.165) is 25.7 Å². The summed E-state index contributed by atoms with van der Waals surface area (Å²) in [6.45, 7) is 1.97. The van der Waals surface area contributed by atoms with Gasteiger partial charge in [-0.2, -0.15) is 0 Å². The smallest absolute Gasteiger partial charge is 0.341 e. The zero-order valence-corrected chi connectivity index (χ0v) is 16.9. The predicted molar refractivity (Wildman–Crippen MR) is 115 cm³/mol. The van der Waals surface area contributed by atoms with Gasteiger partial charge in [-0.15, -0.1) is 0 Å². The highest BCUT2D eigenvalue weighted by atomic mass is 16.5. The number of carboxylic acids is 1. The summed E-state index contributed by atoms with van der Waals surface area (Å²) in [5.74, 6) is 0.691. The van der Waals surface area contributed by atoms with Crippen molar-refractivity contribution in [2.75, 3.05) is 6.61 Å². The first-order valence-corrected chi connectivity index (χ1v) is 10.6. The number of benzene rings is 1. The fourth-order valence-electron chi connectivity index (χ4n) is 4.82. The van der Waals surface area contributed by atoms with E-state index in [1.54, 1.807) is 0 Å². The molecule has 4 nitrogen and oxygen atoms in total. The van der Waals surface area contributed by atoms with Crippen LogP contribution in [0.3, 0.4) is 0 Å². The number of carboxylic acid groups (broad SMARTS) is 1. The van der Waals surface area contributed by atoms with Crippen LogP contribution < -0.4 is 10.1 Å². The summed E-state index contributed by atoms with van der Waals surface area (Å²) in [5, 5.41) is 12.7. The van der Waals surface area contributed by atoms with Crippen molar-refractivity contribution in [3.05, 3.63) is 77.4 Å². The summed E-state index contributed by atoms with van der Waals surface area (Å²) in [6.07, 6.45) is 17.9. The van der Waals surface area contributed by atoms with Gasteiger partial charge in [-0.05, 0) is 67.4 Å². The fourth-order valence-corrected chi connectivity index (χ4v) is 4.82. The molecule has 0 saturated heterocycles. The Morgan fingerprint density at radius 3 is 3.03 bits per heavy atom. The number of aliphatic carboxylic acids is 1. The van der Waals surface area contributed by atoms with Crippen LogP contribution in [0.2, 0.25) is 0 Å². The second kappa shape index (κ2) is 8.83. The van der Waals surface area contributed by atoms with Crippen LogP contribution in [0.4, 0.5) is 0 Å². The molecular weight excluding hydrogens is 362 g/mol. The number of carbonyl (C=O) groups is 1. The third kappa shape index (κ3) is 4.70. The first-order chi connectivity index (χ1) is 14.1. The molecule has 0 amide bonds. The van der Waals surface area contributed by atoms with E-state index in [1.807, 2.05) is 18.2 Å². The standard InChI is InChI=1S/C25H29NO3/c1-17(23-11-5-7-18-6-2-3-10-24(18)23)26-21-13-12-20(14-21)19-8-4-9-22(15-19)29-16-25(27)28/h2-6,8-11,15,17-18,20-21,26H,7,12-14,16H2,1H3,(H,27,28)/t17?,18?,20-,21+/m1/s1. The molecular formula is C25H29NO3. The first-order valence-electron chi connectivity index (χ1n) is 10.6. The summed E-state index contributed by atoms with van der Waals surface area (Å²) >= 11 is 0. The zero-order valence-electron chi connectivity index (χ0n) is 16.9. The van der Waals surface area contributed by atoms with Gasteiger partial charge < -0.3 is 15.2 Å². The molecule has 0 aliphatic heterocycles. The lowest BCUT2D eigenvalue weighted by atomic mass is 9.82. The molecule has 2 N–H and O–H groups in total. The van der Waals surface area contributed by atoms with Crippen molar-refractivity contribution in [3.8, 4) is 5.75 Å². The number of nitrogens with one attached hydrogen (secondary N) is 1. The second-order valence-electron chi connectivity index (χ2n) is 8.25. The molecule has 1 aromatic carbocycles. The average Bonchev–Trinajstić information content (AvgIpc) is 3.20. The summed E-state index contributed by atoms with van der Waals surface area (Å²) in [7, 11) is 0. The van der Waals surface area contributed by atoms with Crippen LogP contribution in [-0.2, 0) is 4.79 Å². The molecule has 4 heteroatoms. The van der Waals surface area contributed by atoms with Crippen molar-refractivity contribution in [2.45, 2.75) is 50.6 Å². The quantitative estimate of drug-likeness (QED) is 0.703. The van der Waals surface area contributed by atoms with Crippen molar-refractivity contribution in [3.63, 3.8) is 0 Å². The van der Waals surface area contributed by atoms with Crippen molar-refractivity contribution in [1.82, 2.24) is 5.32 Å². The molecule has 2 unspecified atom stereocenters. The molecule has 3 aliphatic rings. The van der Waals surface area contributed by atoms with Crippen molar-refractivity contribution in [2.24, 2.45) is 5.92 Å². The number of ether oxygens (including phenoxy) is 1. The van der Waals surface area contributed by atoms with Gasteiger partial charge >= 0.3 is 5.97 Å². The van der Waals surface area contributed by atoms with Crippen LogP contribution in [0.1, 0.15) is 44.1 Å². The number of rotatable bonds is 7. The number of hydrogen-bond acceptors (Lipinski definition) is 3. The maximum Gasteiger partial charge on any atom is 0.341 e. The molecule has 0 heterocycles. The maximum atomic E-state index is 10.7. The molecule has 1 saturated carbocycles. The Kier molecular flexibility index (Phi) is 6.00. The van der Waals surface area contributed by atoms with Crippen LogP contribution in [0.5, 0.6) is 5.75 Å². The highest BCUT2D eigenvalue weighted by molar-refractivity contribution is 5.68. The van der Waals surface area contributed by atoms with Crippen LogP contribution in [-0.4, -0.2) is 29.8 Å². The summed E-state index contributed by atoms with van der Waals surface area (Å²) in [4.78, 5) is 10.7. The SMILES string of the molecule is CC(N[C@H]1CC[C@@H](c2cccc(OCC(=O)O)c2)C1)C1=C2C=CC=CC2CC=C1. The highest BCUT2D eigenvalue weighted by Crippen LogP contribution is 2.37. The van der Waals surface area contributed by atoms with Crippen molar-refractivity contribution >= 4 is 5.97 Å². The summed E-state index contributed by atoms with van der Waals surface area (Å²) < 4.78 is 5.35. The topological polar surface area (TPSA) is 58.6 Å². The van der Waals surface area contributed by atoms with Gasteiger partial charge in [-0.25, -0.2) is 4.79 Å². The highest BCUT2D eigenvalue weighted by Gasteiger charge is 2.28. The Labute approximate surface area is 172 Å². The summed E-state index contributed by atoms with van der Waals surface area (Å²) in [5.41, 5.74) is 4.10. The number of hydrogen-bond donors (Lipinski definition) is 2. The Balaban J connectivity index is 1.38. The van der Waals surface area contributed by atoms with Crippen molar-refractivity contribution in [1.29, 1.82) is 0 Å². The Hall–Kier alpha value is -2.59. The van der Waals surface area contributed by atoms with E-state index < -0.39 is 5.97 Å². The van der Waals surface area contributed by atoms with E-state index in [4.69, 9.17) is 9.84 Å². The predicted octanol–water partition coefficient (Wildman–Crippen LogP) is 4.76. The van der Waals surface area contributed by atoms with E-state index in [1.165, 1.54) is 16.7 Å². The molecule has 1 aromatic rings. The molecule has 4 atom stereocenters. The van der Waals surface area contributed by atoms with Gasteiger partial charge in [-0.3, -0.25) is 0 Å². The van der Waals surface area contributed by atoms with E-state index in [0.29, 0.717) is 29.7 Å². The van der Waals surface area contributed by atoms with E-state index in [9.17, 15) is 4.79 Å². The molecule has 1 fully saturated rings. The van der Waals surface area contributed by atoms with Gasteiger partial charge in [0.15, 0.2) is 6.61 Å². The minimum atomic E-state index is -0.952. The number of allylic oxidation sites excluding steroid dienone is 6. The lowest BCUT2D eigenvalue weighted by Gasteiger charge is -2.28. The minimum Gasteiger partial charge on any atom is -0.482 e.